The van der Waals surface area contributed by atoms with Gasteiger partial charge in [0.05, 0.1) is 11.7 Å². The molecule has 1 atom stereocenters. The number of aliphatic hydroxyl groups is 1. The van der Waals surface area contributed by atoms with Crippen LogP contribution < -0.4 is 5.43 Å². The highest BCUT2D eigenvalue weighted by atomic mass is 19.4. The van der Waals surface area contributed by atoms with Gasteiger partial charge >= 0.3 is 6.18 Å². The minimum absolute atomic E-state index is 0.311. The van der Waals surface area contributed by atoms with E-state index < -0.39 is 17.8 Å². The molecule has 1 saturated heterocycles. The molecule has 1 aromatic carbocycles. The van der Waals surface area contributed by atoms with Crippen LogP contribution in [0.5, 0.6) is 0 Å². The first-order chi connectivity index (χ1) is 9.47. The summed E-state index contributed by atoms with van der Waals surface area (Å²) in [5, 5.41) is 12.0. The number of alkyl halides is 3. The van der Waals surface area contributed by atoms with Crippen molar-refractivity contribution in [2.45, 2.75) is 31.5 Å². The average Bonchev–Trinajstić information content (AvgIpc) is 2.45. The Kier molecular flexibility index (Phi) is 5.01. The first kappa shape index (κ1) is 15.3. The Hall–Kier alpha value is -1.11. The third-order valence-electron chi connectivity index (χ3n) is 3.49. The molecule has 0 spiro atoms. The summed E-state index contributed by atoms with van der Waals surface area (Å²) < 4.78 is 37.3. The van der Waals surface area contributed by atoms with Gasteiger partial charge in [-0.2, -0.15) is 13.2 Å². The lowest BCUT2D eigenvalue weighted by Crippen LogP contribution is -2.43. The summed E-state index contributed by atoms with van der Waals surface area (Å²) in [4.78, 5) is 0. The molecule has 0 aromatic heterocycles. The SMILES string of the molecule is OC(CNN1CCCCC1)c1ccc(C(F)(F)F)cc1. The van der Waals surface area contributed by atoms with Crippen molar-refractivity contribution in [1.29, 1.82) is 0 Å². The summed E-state index contributed by atoms with van der Waals surface area (Å²) in [6.45, 7) is 2.20. The van der Waals surface area contributed by atoms with Gasteiger partial charge in [-0.25, -0.2) is 5.01 Å². The van der Waals surface area contributed by atoms with Crippen LogP contribution >= 0.6 is 0 Å². The van der Waals surface area contributed by atoms with Crippen molar-refractivity contribution >= 4 is 0 Å². The van der Waals surface area contributed by atoms with Crippen molar-refractivity contribution in [1.82, 2.24) is 10.4 Å². The Morgan fingerprint density at radius 3 is 2.25 bits per heavy atom. The molecule has 6 heteroatoms. The molecule has 1 aliphatic heterocycles. The van der Waals surface area contributed by atoms with Gasteiger partial charge < -0.3 is 5.11 Å². The number of halogens is 3. The van der Waals surface area contributed by atoms with Gasteiger partial charge in [0.2, 0.25) is 0 Å². The largest absolute Gasteiger partial charge is 0.416 e. The van der Waals surface area contributed by atoms with E-state index in [9.17, 15) is 18.3 Å². The van der Waals surface area contributed by atoms with Crippen molar-refractivity contribution in [2.75, 3.05) is 19.6 Å². The fraction of sp³-hybridized carbons (Fsp3) is 0.571. The van der Waals surface area contributed by atoms with E-state index in [1.54, 1.807) is 0 Å². The van der Waals surface area contributed by atoms with Crippen LogP contribution in [0.2, 0.25) is 0 Å². The minimum atomic E-state index is -4.34. The van der Waals surface area contributed by atoms with Crippen molar-refractivity contribution in [3.8, 4) is 0 Å². The molecule has 112 valence electrons. The van der Waals surface area contributed by atoms with E-state index in [4.69, 9.17) is 0 Å². The van der Waals surface area contributed by atoms with Gasteiger partial charge in [-0.1, -0.05) is 18.6 Å². The van der Waals surface area contributed by atoms with Crippen LogP contribution in [0.25, 0.3) is 0 Å². The number of hydrogen-bond acceptors (Lipinski definition) is 3. The number of benzene rings is 1. The maximum absolute atomic E-state index is 12.4. The first-order valence-electron chi connectivity index (χ1n) is 6.80. The molecule has 20 heavy (non-hydrogen) atoms. The number of hydrogen-bond donors (Lipinski definition) is 2. The zero-order valence-electron chi connectivity index (χ0n) is 11.2. The second kappa shape index (κ2) is 6.56. The molecule has 1 aliphatic rings. The number of piperidine rings is 1. The quantitative estimate of drug-likeness (QED) is 0.894. The Labute approximate surface area is 116 Å². The van der Waals surface area contributed by atoms with Crippen LogP contribution in [0.1, 0.15) is 36.5 Å². The van der Waals surface area contributed by atoms with Crippen molar-refractivity contribution < 1.29 is 18.3 Å². The maximum Gasteiger partial charge on any atom is 0.416 e. The van der Waals surface area contributed by atoms with Gasteiger partial charge in [-0.3, -0.25) is 5.43 Å². The average molecular weight is 288 g/mol. The lowest BCUT2D eigenvalue weighted by molar-refractivity contribution is -0.137. The molecule has 1 fully saturated rings. The van der Waals surface area contributed by atoms with Gasteiger partial charge in [0.1, 0.15) is 0 Å². The van der Waals surface area contributed by atoms with Crippen LogP contribution in [-0.4, -0.2) is 29.7 Å². The fourth-order valence-corrected chi connectivity index (χ4v) is 2.28. The highest BCUT2D eigenvalue weighted by Gasteiger charge is 2.30. The Balaban J connectivity index is 1.87. The van der Waals surface area contributed by atoms with Gasteiger partial charge in [0.15, 0.2) is 0 Å². The number of nitrogens with one attached hydrogen (secondary N) is 1. The molecule has 0 bridgehead atoms. The minimum Gasteiger partial charge on any atom is -0.387 e. The molecule has 0 saturated carbocycles. The van der Waals surface area contributed by atoms with E-state index in [2.05, 4.69) is 10.4 Å². The molecule has 2 rings (SSSR count). The molecule has 1 unspecified atom stereocenters. The molecule has 1 aromatic rings. The molecule has 0 amide bonds. The third kappa shape index (κ3) is 4.19. The van der Waals surface area contributed by atoms with Gasteiger partial charge in [-0.05, 0) is 30.5 Å². The normalized spacial score (nSPS) is 19.0. The molecular weight excluding hydrogens is 269 g/mol. The smallest absolute Gasteiger partial charge is 0.387 e. The number of aliphatic hydroxyl groups excluding tert-OH is 1. The van der Waals surface area contributed by atoms with E-state index in [1.807, 2.05) is 0 Å². The second-order valence-electron chi connectivity index (χ2n) is 5.05. The maximum atomic E-state index is 12.4. The second-order valence-corrected chi connectivity index (χ2v) is 5.05. The standard InChI is InChI=1S/C14H19F3N2O/c15-14(16,17)12-6-4-11(5-7-12)13(20)10-18-19-8-2-1-3-9-19/h4-7,13,18,20H,1-3,8-10H2. The van der Waals surface area contributed by atoms with E-state index in [0.29, 0.717) is 12.1 Å². The number of nitrogens with zero attached hydrogens (tertiary/aromatic N) is 1. The molecule has 3 nitrogen and oxygen atoms in total. The lowest BCUT2D eigenvalue weighted by atomic mass is 10.1. The van der Waals surface area contributed by atoms with Crippen LogP contribution in [0.15, 0.2) is 24.3 Å². The van der Waals surface area contributed by atoms with Gasteiger partial charge in [0.25, 0.3) is 0 Å². The van der Waals surface area contributed by atoms with E-state index in [0.717, 1.165) is 38.1 Å². The lowest BCUT2D eigenvalue weighted by Gasteiger charge is -2.28. The molecular formula is C14H19F3N2O. The van der Waals surface area contributed by atoms with Crippen LogP contribution in [0.3, 0.4) is 0 Å². The number of hydrazine groups is 1. The van der Waals surface area contributed by atoms with Crippen LogP contribution in [-0.2, 0) is 6.18 Å². The van der Waals surface area contributed by atoms with E-state index in [-0.39, 0.29) is 0 Å². The van der Waals surface area contributed by atoms with Crippen LogP contribution in [0.4, 0.5) is 13.2 Å². The highest BCUT2D eigenvalue weighted by Crippen LogP contribution is 2.29. The number of rotatable bonds is 4. The zero-order valence-corrected chi connectivity index (χ0v) is 11.2. The topological polar surface area (TPSA) is 35.5 Å². The predicted octanol–water partition coefficient (Wildman–Crippen LogP) is 2.73. The van der Waals surface area contributed by atoms with Gasteiger partial charge in [0, 0.05) is 19.6 Å². The van der Waals surface area contributed by atoms with Crippen molar-refractivity contribution in [3.63, 3.8) is 0 Å². The summed E-state index contributed by atoms with van der Waals surface area (Å²) in [5.41, 5.74) is 2.92. The summed E-state index contributed by atoms with van der Waals surface area (Å²) in [6, 6.07) is 4.65. The van der Waals surface area contributed by atoms with Gasteiger partial charge in [-0.15, -0.1) is 0 Å². The molecule has 0 aliphatic carbocycles. The summed E-state index contributed by atoms with van der Waals surface area (Å²) >= 11 is 0. The molecule has 2 N–H and O–H groups in total. The van der Waals surface area contributed by atoms with Crippen LogP contribution in [0, 0.1) is 0 Å². The zero-order chi connectivity index (χ0) is 14.6. The van der Waals surface area contributed by atoms with Crippen molar-refractivity contribution in [2.24, 2.45) is 0 Å². The molecule has 0 radical (unpaired) electrons. The first-order valence-corrected chi connectivity index (χ1v) is 6.80. The van der Waals surface area contributed by atoms with E-state index in [1.165, 1.54) is 18.6 Å². The summed E-state index contributed by atoms with van der Waals surface area (Å²) in [7, 11) is 0. The van der Waals surface area contributed by atoms with E-state index >= 15 is 0 Å². The Bertz CT molecular complexity index is 413. The highest BCUT2D eigenvalue weighted by molar-refractivity contribution is 5.26. The van der Waals surface area contributed by atoms with Crippen molar-refractivity contribution in [3.05, 3.63) is 35.4 Å². The predicted molar refractivity (Wildman–Crippen MR) is 69.8 cm³/mol. The summed E-state index contributed by atoms with van der Waals surface area (Å²) in [6.07, 6.45) is -1.67. The fourth-order valence-electron chi connectivity index (χ4n) is 2.28. The third-order valence-corrected chi connectivity index (χ3v) is 3.49. The monoisotopic (exact) mass is 288 g/mol. The Morgan fingerprint density at radius 1 is 1.10 bits per heavy atom. The molecule has 1 heterocycles. The Morgan fingerprint density at radius 2 is 1.70 bits per heavy atom. The summed E-state index contributed by atoms with van der Waals surface area (Å²) in [5.74, 6) is 0.